The molecule has 1 saturated heterocycles. The molecule has 0 atom stereocenters. The molecule has 0 spiro atoms. The van der Waals surface area contributed by atoms with Gasteiger partial charge in [0.2, 0.25) is 0 Å². The van der Waals surface area contributed by atoms with Gasteiger partial charge in [-0.1, -0.05) is 26.2 Å². The van der Waals surface area contributed by atoms with Crippen molar-refractivity contribution < 1.29 is 0 Å². The highest BCUT2D eigenvalue weighted by molar-refractivity contribution is 4.94. The fraction of sp³-hybridized carbons (Fsp3) is 1.00. The second-order valence-corrected chi connectivity index (χ2v) is 7.12. The molecule has 2 aliphatic rings. The van der Waals surface area contributed by atoms with Crippen LogP contribution in [0.4, 0.5) is 0 Å². The van der Waals surface area contributed by atoms with E-state index in [9.17, 15) is 0 Å². The molecule has 1 heterocycles. The molecular formula is C17H36N4. The molecule has 0 bridgehead atoms. The third kappa shape index (κ3) is 4.65. The molecule has 0 aromatic rings. The van der Waals surface area contributed by atoms with Crippen LogP contribution in [0, 0.1) is 0 Å². The van der Waals surface area contributed by atoms with Gasteiger partial charge in [0.25, 0.3) is 0 Å². The fourth-order valence-corrected chi connectivity index (χ4v) is 4.05. The van der Waals surface area contributed by atoms with Crippen molar-refractivity contribution in [2.24, 2.45) is 5.73 Å². The van der Waals surface area contributed by atoms with Crippen LogP contribution >= 0.6 is 0 Å². The summed E-state index contributed by atoms with van der Waals surface area (Å²) in [6.45, 7) is 11.7. The van der Waals surface area contributed by atoms with E-state index < -0.39 is 0 Å². The summed E-state index contributed by atoms with van der Waals surface area (Å²) in [5, 5.41) is 0. The quantitative estimate of drug-likeness (QED) is 0.774. The van der Waals surface area contributed by atoms with E-state index in [-0.39, 0.29) is 0 Å². The van der Waals surface area contributed by atoms with Crippen LogP contribution in [0.15, 0.2) is 0 Å². The Morgan fingerprint density at radius 2 is 1.67 bits per heavy atom. The van der Waals surface area contributed by atoms with Gasteiger partial charge in [0, 0.05) is 51.4 Å². The summed E-state index contributed by atoms with van der Waals surface area (Å²) >= 11 is 0. The molecule has 4 heteroatoms. The topological polar surface area (TPSA) is 35.7 Å². The predicted octanol–water partition coefficient (Wildman–Crippen LogP) is 1.61. The Bertz CT molecular complexity index is 281. The largest absolute Gasteiger partial charge is 0.329 e. The fourth-order valence-electron chi connectivity index (χ4n) is 4.05. The molecule has 4 nitrogen and oxygen atoms in total. The van der Waals surface area contributed by atoms with Crippen molar-refractivity contribution in [1.29, 1.82) is 0 Å². The van der Waals surface area contributed by atoms with Crippen LogP contribution in [0.1, 0.15) is 45.4 Å². The third-order valence-electron chi connectivity index (χ3n) is 5.61. The van der Waals surface area contributed by atoms with E-state index in [4.69, 9.17) is 5.73 Å². The second-order valence-electron chi connectivity index (χ2n) is 7.12. The van der Waals surface area contributed by atoms with E-state index in [1.54, 1.807) is 0 Å². The Balaban J connectivity index is 1.88. The van der Waals surface area contributed by atoms with Crippen LogP contribution in [-0.4, -0.2) is 79.6 Å². The first-order chi connectivity index (χ1) is 10.2. The van der Waals surface area contributed by atoms with Crippen molar-refractivity contribution in [3.05, 3.63) is 0 Å². The SMILES string of the molecule is CCCN(CCN1CCN(C)CC1)C1(CN)CCCCC1. The summed E-state index contributed by atoms with van der Waals surface area (Å²) in [7, 11) is 2.23. The third-order valence-corrected chi connectivity index (χ3v) is 5.61. The Morgan fingerprint density at radius 3 is 2.24 bits per heavy atom. The first-order valence-corrected chi connectivity index (χ1v) is 9.06. The molecule has 0 aromatic carbocycles. The Labute approximate surface area is 131 Å². The van der Waals surface area contributed by atoms with Crippen molar-refractivity contribution >= 4 is 0 Å². The maximum atomic E-state index is 6.23. The number of hydrogen-bond acceptors (Lipinski definition) is 4. The number of rotatable bonds is 7. The molecule has 21 heavy (non-hydrogen) atoms. The lowest BCUT2D eigenvalue weighted by Gasteiger charge is -2.47. The van der Waals surface area contributed by atoms with Gasteiger partial charge in [-0.15, -0.1) is 0 Å². The van der Waals surface area contributed by atoms with Gasteiger partial charge >= 0.3 is 0 Å². The van der Waals surface area contributed by atoms with Crippen molar-refractivity contribution in [2.45, 2.75) is 51.0 Å². The summed E-state index contributed by atoms with van der Waals surface area (Å²) in [6.07, 6.45) is 8.00. The van der Waals surface area contributed by atoms with E-state index in [2.05, 4.69) is 28.7 Å². The van der Waals surface area contributed by atoms with Crippen LogP contribution < -0.4 is 5.73 Å². The Kier molecular flexibility index (Phi) is 6.93. The monoisotopic (exact) mass is 296 g/mol. The predicted molar refractivity (Wildman–Crippen MR) is 90.7 cm³/mol. The molecule has 2 fully saturated rings. The first kappa shape index (κ1) is 17.2. The standard InChI is InChI=1S/C17H36N4/c1-3-9-21(17(16-18)7-5-4-6-8-17)15-14-20-12-10-19(2)11-13-20/h3-16,18H2,1-2H3. The van der Waals surface area contributed by atoms with E-state index >= 15 is 0 Å². The van der Waals surface area contributed by atoms with Gasteiger partial charge in [0.05, 0.1) is 0 Å². The summed E-state index contributed by atoms with van der Waals surface area (Å²) in [5.74, 6) is 0. The van der Waals surface area contributed by atoms with Gasteiger partial charge in [0.15, 0.2) is 0 Å². The van der Waals surface area contributed by atoms with Crippen molar-refractivity contribution in [1.82, 2.24) is 14.7 Å². The van der Waals surface area contributed by atoms with Gasteiger partial charge in [-0.3, -0.25) is 9.80 Å². The molecule has 2 N–H and O–H groups in total. The Morgan fingerprint density at radius 1 is 1.00 bits per heavy atom. The molecule has 1 aliphatic carbocycles. The maximum Gasteiger partial charge on any atom is 0.0332 e. The van der Waals surface area contributed by atoms with E-state index in [0.29, 0.717) is 5.54 Å². The minimum absolute atomic E-state index is 0.306. The lowest BCUT2D eigenvalue weighted by atomic mass is 9.80. The zero-order valence-corrected chi connectivity index (χ0v) is 14.3. The highest BCUT2D eigenvalue weighted by atomic mass is 15.3. The van der Waals surface area contributed by atoms with E-state index in [0.717, 1.165) is 6.54 Å². The lowest BCUT2D eigenvalue weighted by molar-refractivity contribution is 0.0412. The number of nitrogens with zero attached hydrogens (tertiary/aromatic N) is 3. The van der Waals surface area contributed by atoms with Gasteiger partial charge in [0.1, 0.15) is 0 Å². The molecule has 0 unspecified atom stereocenters. The molecule has 1 aliphatic heterocycles. The van der Waals surface area contributed by atoms with Gasteiger partial charge in [-0.2, -0.15) is 0 Å². The zero-order chi connectivity index (χ0) is 15.1. The minimum Gasteiger partial charge on any atom is -0.329 e. The highest BCUT2D eigenvalue weighted by Gasteiger charge is 2.36. The number of piperazine rings is 1. The number of likely N-dealkylation sites (N-methyl/N-ethyl adjacent to an activating group) is 1. The summed E-state index contributed by atoms with van der Waals surface area (Å²) < 4.78 is 0. The van der Waals surface area contributed by atoms with Crippen molar-refractivity contribution in [3.63, 3.8) is 0 Å². The van der Waals surface area contributed by atoms with Gasteiger partial charge < -0.3 is 10.6 Å². The van der Waals surface area contributed by atoms with Crippen molar-refractivity contribution in [2.75, 3.05) is 59.4 Å². The summed E-state index contributed by atoms with van der Waals surface area (Å²) in [5.41, 5.74) is 6.54. The average molecular weight is 297 g/mol. The molecule has 124 valence electrons. The van der Waals surface area contributed by atoms with Crippen molar-refractivity contribution in [3.8, 4) is 0 Å². The van der Waals surface area contributed by atoms with Crippen LogP contribution in [0.2, 0.25) is 0 Å². The second kappa shape index (κ2) is 8.47. The number of hydrogen-bond donors (Lipinski definition) is 1. The summed E-state index contributed by atoms with van der Waals surface area (Å²) in [6, 6.07) is 0. The maximum absolute atomic E-state index is 6.23. The normalized spacial score (nSPS) is 24.6. The molecular weight excluding hydrogens is 260 g/mol. The number of nitrogens with two attached hydrogens (primary N) is 1. The Hall–Kier alpha value is -0.160. The molecule has 1 saturated carbocycles. The smallest absolute Gasteiger partial charge is 0.0332 e. The summed E-state index contributed by atoms with van der Waals surface area (Å²) in [4.78, 5) is 7.81. The van der Waals surface area contributed by atoms with Crippen LogP contribution in [0.5, 0.6) is 0 Å². The van der Waals surface area contributed by atoms with Crippen LogP contribution in [0.3, 0.4) is 0 Å². The van der Waals surface area contributed by atoms with Gasteiger partial charge in [-0.05, 0) is 32.9 Å². The highest BCUT2D eigenvalue weighted by Crippen LogP contribution is 2.33. The van der Waals surface area contributed by atoms with E-state index in [1.165, 1.54) is 84.3 Å². The minimum atomic E-state index is 0.306. The molecule has 2 rings (SSSR count). The molecule has 0 aromatic heterocycles. The lowest BCUT2D eigenvalue weighted by Crippen LogP contribution is -2.57. The van der Waals surface area contributed by atoms with Gasteiger partial charge in [-0.25, -0.2) is 0 Å². The first-order valence-electron chi connectivity index (χ1n) is 9.06. The average Bonchev–Trinajstić information content (AvgIpc) is 2.53. The zero-order valence-electron chi connectivity index (χ0n) is 14.3. The van der Waals surface area contributed by atoms with E-state index in [1.807, 2.05) is 0 Å². The molecule has 0 radical (unpaired) electrons. The van der Waals surface area contributed by atoms with Crippen LogP contribution in [-0.2, 0) is 0 Å². The molecule has 0 amide bonds. The van der Waals surface area contributed by atoms with Crippen LogP contribution in [0.25, 0.3) is 0 Å².